The molecule has 0 radical (unpaired) electrons. The molecule has 0 spiro atoms. The van der Waals surface area contributed by atoms with Gasteiger partial charge in [0.05, 0.1) is 21.9 Å². The molecule has 0 aliphatic heterocycles. The number of hydrogen-bond donors (Lipinski definition) is 1. The fraction of sp³-hybridized carbons (Fsp3) is 0.0526. The van der Waals surface area contributed by atoms with Crippen LogP contribution in [0.2, 0.25) is 0 Å². The number of aromatic nitrogens is 1. The van der Waals surface area contributed by atoms with Crippen molar-refractivity contribution < 1.29 is 18.3 Å². The van der Waals surface area contributed by atoms with Gasteiger partial charge in [0.25, 0.3) is 5.56 Å². The Morgan fingerprint density at radius 3 is 2.31 bits per heavy atom. The molecule has 0 aliphatic rings. The molecule has 26 heavy (non-hydrogen) atoms. The summed E-state index contributed by atoms with van der Waals surface area (Å²) in [6, 6.07) is 16.2. The van der Waals surface area contributed by atoms with Gasteiger partial charge in [0.15, 0.2) is 0 Å². The van der Waals surface area contributed by atoms with Crippen molar-refractivity contribution in [2.45, 2.75) is 16.3 Å². The maximum atomic E-state index is 12.7. The third-order valence-corrected chi connectivity index (χ3v) is 5.64. The first kappa shape index (κ1) is 17.6. The van der Waals surface area contributed by atoms with Gasteiger partial charge in [0.2, 0.25) is 9.84 Å². The molecule has 7 heteroatoms. The molecule has 0 bridgehead atoms. The largest absolute Gasteiger partial charge is 0.478 e. The molecule has 6 nitrogen and oxygen atoms in total. The van der Waals surface area contributed by atoms with Gasteiger partial charge in [-0.1, -0.05) is 24.3 Å². The summed E-state index contributed by atoms with van der Waals surface area (Å²) >= 11 is 0. The first-order chi connectivity index (χ1) is 12.4. The Morgan fingerprint density at radius 2 is 1.65 bits per heavy atom. The third-order valence-electron chi connectivity index (χ3n) is 3.88. The minimum Gasteiger partial charge on any atom is -0.478 e. The number of carboxylic acid groups (broad SMARTS) is 1. The molecule has 3 rings (SSSR count). The number of carbonyl (C=O) groups is 1. The van der Waals surface area contributed by atoms with E-state index in [1.54, 1.807) is 30.5 Å². The predicted octanol–water partition coefficient (Wildman–Crippen LogP) is 2.43. The van der Waals surface area contributed by atoms with E-state index in [1.165, 1.54) is 41.0 Å². The molecule has 132 valence electrons. The number of sulfone groups is 1. The van der Waals surface area contributed by atoms with E-state index in [9.17, 15) is 18.0 Å². The van der Waals surface area contributed by atoms with Gasteiger partial charge >= 0.3 is 5.97 Å². The molecule has 1 aromatic heterocycles. The van der Waals surface area contributed by atoms with Crippen molar-refractivity contribution in [3.63, 3.8) is 0 Å². The van der Waals surface area contributed by atoms with E-state index in [2.05, 4.69) is 0 Å². The van der Waals surface area contributed by atoms with E-state index >= 15 is 0 Å². The highest BCUT2D eigenvalue weighted by Crippen LogP contribution is 2.22. The minimum absolute atomic E-state index is 0.0594. The second-order valence-electron chi connectivity index (χ2n) is 5.65. The first-order valence-corrected chi connectivity index (χ1v) is 9.19. The molecule has 0 fully saturated rings. The average molecular weight is 369 g/mol. The number of carboxylic acids is 1. The normalized spacial score (nSPS) is 11.2. The van der Waals surface area contributed by atoms with Gasteiger partial charge in [-0.05, 0) is 42.0 Å². The lowest BCUT2D eigenvalue weighted by molar-refractivity contribution is 0.0696. The summed E-state index contributed by atoms with van der Waals surface area (Å²) < 4.78 is 26.9. The van der Waals surface area contributed by atoms with Crippen LogP contribution in [-0.4, -0.2) is 24.1 Å². The third kappa shape index (κ3) is 3.57. The van der Waals surface area contributed by atoms with Crippen molar-refractivity contribution in [1.82, 2.24) is 4.57 Å². The van der Waals surface area contributed by atoms with E-state index in [4.69, 9.17) is 5.11 Å². The highest BCUT2D eigenvalue weighted by Gasteiger charge is 2.19. The van der Waals surface area contributed by atoms with Crippen LogP contribution in [-0.2, 0) is 16.4 Å². The van der Waals surface area contributed by atoms with Crippen molar-refractivity contribution in [3.05, 3.63) is 94.4 Å². The second kappa shape index (κ2) is 6.97. The summed E-state index contributed by atoms with van der Waals surface area (Å²) in [4.78, 5) is 22.8. The number of hydrogen-bond acceptors (Lipinski definition) is 4. The van der Waals surface area contributed by atoms with Crippen molar-refractivity contribution >= 4 is 15.8 Å². The fourth-order valence-electron chi connectivity index (χ4n) is 2.49. The molecule has 0 unspecified atom stereocenters. The Bertz CT molecular complexity index is 1110. The summed E-state index contributed by atoms with van der Waals surface area (Å²) in [5.41, 5.74) is 0.539. The lowest BCUT2D eigenvalue weighted by Gasteiger charge is -2.08. The van der Waals surface area contributed by atoms with Crippen LogP contribution in [0, 0.1) is 0 Å². The Hall–Kier alpha value is -3.19. The second-order valence-corrected chi connectivity index (χ2v) is 7.60. The molecule has 0 amide bonds. The van der Waals surface area contributed by atoms with Gasteiger partial charge in [-0.15, -0.1) is 0 Å². The smallest absolute Gasteiger partial charge is 0.335 e. The average Bonchev–Trinajstić information content (AvgIpc) is 2.64. The van der Waals surface area contributed by atoms with Gasteiger partial charge in [0.1, 0.15) is 0 Å². The van der Waals surface area contributed by atoms with Crippen LogP contribution in [0.15, 0.2) is 87.5 Å². The van der Waals surface area contributed by atoms with E-state index < -0.39 is 15.8 Å². The zero-order chi connectivity index (χ0) is 18.7. The van der Waals surface area contributed by atoms with Gasteiger partial charge < -0.3 is 9.67 Å². The van der Waals surface area contributed by atoms with E-state index in [0.717, 1.165) is 11.6 Å². The van der Waals surface area contributed by atoms with Crippen molar-refractivity contribution in [2.75, 3.05) is 0 Å². The monoisotopic (exact) mass is 369 g/mol. The zero-order valence-corrected chi connectivity index (χ0v) is 14.4. The Balaban J connectivity index is 1.90. The number of nitrogens with zero attached hydrogens (tertiary/aromatic N) is 1. The molecule has 0 atom stereocenters. The Kier molecular flexibility index (Phi) is 4.73. The SMILES string of the molecule is O=C(O)c1cccc(S(=O)(=O)c2ccc(Cn3ccccc3=O)cc2)c1. The Morgan fingerprint density at radius 1 is 0.923 bits per heavy atom. The molecular weight excluding hydrogens is 354 g/mol. The number of benzene rings is 2. The van der Waals surface area contributed by atoms with Gasteiger partial charge in [0, 0.05) is 12.3 Å². The van der Waals surface area contributed by atoms with E-state index in [1.807, 2.05) is 0 Å². The van der Waals surface area contributed by atoms with Crippen LogP contribution < -0.4 is 5.56 Å². The summed E-state index contributed by atoms with van der Waals surface area (Å²) in [6.07, 6.45) is 1.66. The first-order valence-electron chi connectivity index (χ1n) is 7.71. The highest BCUT2D eigenvalue weighted by molar-refractivity contribution is 7.91. The minimum atomic E-state index is -3.82. The van der Waals surface area contributed by atoms with Crippen molar-refractivity contribution in [1.29, 1.82) is 0 Å². The lowest BCUT2D eigenvalue weighted by Crippen LogP contribution is -2.18. The van der Waals surface area contributed by atoms with Gasteiger partial charge in [-0.25, -0.2) is 13.2 Å². The van der Waals surface area contributed by atoms with Gasteiger partial charge in [-0.2, -0.15) is 0 Å². The van der Waals surface area contributed by atoms with Crippen molar-refractivity contribution in [3.8, 4) is 0 Å². The molecule has 2 aromatic carbocycles. The van der Waals surface area contributed by atoms with Crippen molar-refractivity contribution in [2.24, 2.45) is 0 Å². The van der Waals surface area contributed by atoms with Crippen LogP contribution in [0.25, 0.3) is 0 Å². The summed E-state index contributed by atoms with van der Waals surface area (Å²) in [7, 11) is -3.82. The van der Waals surface area contributed by atoms with E-state index in [-0.39, 0.29) is 20.9 Å². The summed E-state index contributed by atoms with van der Waals surface area (Å²) in [5.74, 6) is -1.19. The topological polar surface area (TPSA) is 93.4 Å². The summed E-state index contributed by atoms with van der Waals surface area (Å²) in [6.45, 7) is 0.328. The van der Waals surface area contributed by atoms with Crippen LogP contribution in [0.3, 0.4) is 0 Å². The highest BCUT2D eigenvalue weighted by atomic mass is 32.2. The van der Waals surface area contributed by atoms with Crippen LogP contribution >= 0.6 is 0 Å². The number of pyridine rings is 1. The molecule has 1 heterocycles. The van der Waals surface area contributed by atoms with Crippen LogP contribution in [0.5, 0.6) is 0 Å². The molecule has 0 saturated carbocycles. The predicted molar refractivity (Wildman–Crippen MR) is 95.1 cm³/mol. The maximum absolute atomic E-state index is 12.7. The fourth-order valence-corrected chi connectivity index (χ4v) is 3.80. The zero-order valence-electron chi connectivity index (χ0n) is 13.6. The van der Waals surface area contributed by atoms with Gasteiger partial charge in [-0.3, -0.25) is 4.79 Å². The molecule has 3 aromatic rings. The van der Waals surface area contributed by atoms with Crippen LogP contribution in [0.1, 0.15) is 15.9 Å². The standard InChI is InChI=1S/C19H15NO5S/c21-18-6-1-2-11-20(18)13-14-7-9-16(10-8-14)26(24,25)17-5-3-4-15(12-17)19(22)23/h1-12H,13H2,(H,22,23). The van der Waals surface area contributed by atoms with Crippen LogP contribution in [0.4, 0.5) is 0 Å². The number of aromatic carboxylic acids is 1. The summed E-state index contributed by atoms with van der Waals surface area (Å²) in [5, 5.41) is 9.02. The molecular formula is C19H15NO5S. The van der Waals surface area contributed by atoms with E-state index in [0.29, 0.717) is 6.54 Å². The molecule has 0 aliphatic carbocycles. The molecule has 0 saturated heterocycles. The maximum Gasteiger partial charge on any atom is 0.335 e. The molecule has 1 N–H and O–H groups in total. The lowest BCUT2D eigenvalue weighted by atomic mass is 10.2. The Labute approximate surface area is 149 Å². The number of rotatable bonds is 5. The quantitative estimate of drug-likeness (QED) is 0.745.